The first-order chi connectivity index (χ1) is 10.5. The summed E-state index contributed by atoms with van der Waals surface area (Å²) in [5.41, 5.74) is 1.46. The lowest BCUT2D eigenvalue weighted by Gasteiger charge is -2.39. The number of imide groups is 1. The van der Waals surface area contributed by atoms with E-state index in [1.54, 1.807) is 6.07 Å². The molecule has 1 atom stereocenters. The summed E-state index contributed by atoms with van der Waals surface area (Å²) >= 11 is 6.43. The second kappa shape index (κ2) is 5.78. The number of piperidine rings is 1. The molecule has 2 N–H and O–H groups in total. The van der Waals surface area contributed by atoms with Gasteiger partial charge < -0.3 is 14.7 Å². The number of hydrogen-bond donors (Lipinski definition) is 2. The summed E-state index contributed by atoms with van der Waals surface area (Å²) in [5.74, 6) is -0.534. The number of amides is 2. The number of benzene rings is 1. The molecule has 6 nitrogen and oxygen atoms in total. The van der Waals surface area contributed by atoms with Crippen LogP contribution in [-0.4, -0.2) is 43.2 Å². The Labute approximate surface area is 133 Å². The van der Waals surface area contributed by atoms with Crippen LogP contribution in [0.25, 0.3) is 0 Å². The highest BCUT2D eigenvalue weighted by Crippen LogP contribution is 2.43. The van der Waals surface area contributed by atoms with E-state index in [1.807, 2.05) is 11.0 Å². The van der Waals surface area contributed by atoms with Gasteiger partial charge in [0.2, 0.25) is 11.8 Å². The predicted octanol–water partition coefficient (Wildman–Crippen LogP) is 1.05. The van der Waals surface area contributed by atoms with Crippen LogP contribution in [0, 0.1) is 0 Å². The van der Waals surface area contributed by atoms with Gasteiger partial charge in [-0.05, 0) is 18.1 Å². The molecular weight excluding hydrogens is 308 g/mol. The minimum Gasteiger partial charge on any atom is -0.493 e. The van der Waals surface area contributed by atoms with Crippen molar-refractivity contribution < 1.29 is 19.4 Å². The van der Waals surface area contributed by atoms with Crippen LogP contribution in [-0.2, 0) is 9.59 Å². The van der Waals surface area contributed by atoms with Crippen molar-refractivity contribution in [1.29, 1.82) is 0 Å². The van der Waals surface area contributed by atoms with E-state index >= 15 is 0 Å². The Balaban J connectivity index is 1.93. The maximum atomic E-state index is 12.0. The van der Waals surface area contributed by atoms with Gasteiger partial charge in [0.25, 0.3) is 0 Å². The van der Waals surface area contributed by atoms with Gasteiger partial charge in [0, 0.05) is 19.5 Å². The molecule has 22 heavy (non-hydrogen) atoms. The van der Waals surface area contributed by atoms with E-state index in [0.29, 0.717) is 42.3 Å². The van der Waals surface area contributed by atoms with Crippen LogP contribution in [0.15, 0.2) is 12.1 Å². The molecule has 0 aromatic heterocycles. The zero-order valence-corrected chi connectivity index (χ0v) is 12.9. The highest BCUT2D eigenvalue weighted by atomic mass is 35.5. The number of aliphatic hydroxyl groups is 1. The van der Waals surface area contributed by atoms with E-state index < -0.39 is 5.92 Å². The number of aliphatic hydroxyl groups excluding tert-OH is 1. The Morgan fingerprint density at radius 2 is 2.09 bits per heavy atom. The monoisotopic (exact) mass is 324 g/mol. The van der Waals surface area contributed by atoms with E-state index in [1.165, 1.54) is 7.11 Å². The van der Waals surface area contributed by atoms with Crippen molar-refractivity contribution >= 4 is 29.1 Å². The first-order valence-electron chi connectivity index (χ1n) is 7.14. The number of carbonyl (C=O) groups excluding carboxylic acids is 2. The van der Waals surface area contributed by atoms with E-state index in [4.69, 9.17) is 16.3 Å². The third-order valence-corrected chi connectivity index (χ3v) is 4.52. The fourth-order valence-electron chi connectivity index (χ4n) is 2.92. The van der Waals surface area contributed by atoms with Gasteiger partial charge in [0.1, 0.15) is 0 Å². The fourth-order valence-corrected chi connectivity index (χ4v) is 3.28. The van der Waals surface area contributed by atoms with Crippen LogP contribution in [0.1, 0.15) is 24.3 Å². The number of nitrogens with one attached hydrogen (secondary N) is 1. The lowest BCUT2D eigenvalue weighted by atomic mass is 9.90. The Hall–Kier alpha value is -1.79. The molecule has 1 unspecified atom stereocenters. The number of nitrogens with zero attached hydrogens (tertiary/aromatic N) is 1. The number of carbonyl (C=O) groups is 2. The number of halogens is 1. The number of ether oxygens (including phenoxy) is 1. The Kier molecular flexibility index (Phi) is 3.97. The average Bonchev–Trinajstić information content (AvgIpc) is 2.44. The minimum absolute atomic E-state index is 0.254. The van der Waals surface area contributed by atoms with Gasteiger partial charge in [0.05, 0.1) is 29.8 Å². The Morgan fingerprint density at radius 1 is 1.36 bits per heavy atom. The van der Waals surface area contributed by atoms with Gasteiger partial charge in [0.15, 0.2) is 5.75 Å². The van der Waals surface area contributed by atoms with Crippen molar-refractivity contribution in [2.45, 2.75) is 24.9 Å². The van der Waals surface area contributed by atoms with E-state index in [0.717, 1.165) is 5.69 Å². The SMILES string of the molecule is COc1c(N2CC(O)C2)ccc(C2CCC(=O)NC2=O)c1Cl. The first kappa shape index (κ1) is 15.1. The Morgan fingerprint density at radius 3 is 2.68 bits per heavy atom. The van der Waals surface area contributed by atoms with E-state index in [9.17, 15) is 14.7 Å². The molecule has 2 saturated heterocycles. The number of hydrogen-bond acceptors (Lipinski definition) is 5. The highest BCUT2D eigenvalue weighted by Gasteiger charge is 2.33. The molecule has 7 heteroatoms. The smallest absolute Gasteiger partial charge is 0.234 e. The molecule has 0 radical (unpaired) electrons. The zero-order valence-electron chi connectivity index (χ0n) is 12.1. The molecule has 0 aliphatic carbocycles. The van der Waals surface area contributed by atoms with Crippen LogP contribution in [0.3, 0.4) is 0 Å². The van der Waals surface area contributed by atoms with E-state index in [-0.39, 0.29) is 17.9 Å². The van der Waals surface area contributed by atoms with Crippen LogP contribution < -0.4 is 15.0 Å². The van der Waals surface area contributed by atoms with Crippen molar-refractivity contribution in [3.05, 3.63) is 22.7 Å². The lowest BCUT2D eigenvalue weighted by molar-refractivity contribution is -0.134. The predicted molar refractivity (Wildman–Crippen MR) is 81.3 cm³/mol. The second-order valence-electron chi connectivity index (χ2n) is 5.58. The summed E-state index contributed by atoms with van der Waals surface area (Å²) in [5, 5.41) is 12.2. The summed E-state index contributed by atoms with van der Waals surface area (Å²) < 4.78 is 5.40. The minimum atomic E-state index is -0.449. The van der Waals surface area contributed by atoms with Gasteiger partial charge in [-0.3, -0.25) is 14.9 Å². The summed E-state index contributed by atoms with van der Waals surface area (Å²) in [6.45, 7) is 1.06. The maximum Gasteiger partial charge on any atom is 0.234 e. The number of β-amino-alcohol motifs (C(OH)–C–C–N with tert-alkyl or cyclic N) is 1. The second-order valence-corrected chi connectivity index (χ2v) is 5.96. The summed E-state index contributed by atoms with van der Waals surface area (Å²) in [6, 6.07) is 3.64. The largest absolute Gasteiger partial charge is 0.493 e. The van der Waals surface area contributed by atoms with Gasteiger partial charge >= 0.3 is 0 Å². The number of rotatable bonds is 3. The Bertz CT molecular complexity index is 628. The zero-order chi connectivity index (χ0) is 15.9. The molecule has 2 heterocycles. The van der Waals surface area contributed by atoms with Crippen molar-refractivity contribution in [1.82, 2.24) is 5.32 Å². The number of anilines is 1. The lowest BCUT2D eigenvalue weighted by Crippen LogP contribution is -2.51. The van der Waals surface area contributed by atoms with Crippen molar-refractivity contribution in [3.63, 3.8) is 0 Å². The summed E-state index contributed by atoms with van der Waals surface area (Å²) in [6.07, 6.45) is 0.406. The molecule has 1 aromatic rings. The van der Waals surface area contributed by atoms with Gasteiger partial charge in [-0.2, -0.15) is 0 Å². The topological polar surface area (TPSA) is 78.9 Å². The molecule has 2 amide bonds. The molecule has 0 bridgehead atoms. The highest BCUT2D eigenvalue weighted by molar-refractivity contribution is 6.33. The molecule has 118 valence electrons. The molecule has 2 aliphatic heterocycles. The van der Waals surface area contributed by atoms with Gasteiger partial charge in [-0.1, -0.05) is 17.7 Å². The standard InChI is InChI=1S/C15H17ClN2O4/c1-22-14-11(18-6-8(19)7-18)4-2-9(13(14)16)10-3-5-12(20)17-15(10)21/h2,4,8,10,19H,3,5-7H2,1H3,(H,17,20,21). The first-order valence-corrected chi connectivity index (χ1v) is 7.52. The molecule has 0 saturated carbocycles. The third kappa shape index (κ3) is 2.53. The summed E-state index contributed by atoms with van der Waals surface area (Å²) in [4.78, 5) is 25.2. The van der Waals surface area contributed by atoms with Crippen LogP contribution in [0.4, 0.5) is 5.69 Å². The molecule has 2 aliphatic rings. The molecule has 0 spiro atoms. The molecular formula is C15H17ClN2O4. The normalized spacial score (nSPS) is 22.3. The van der Waals surface area contributed by atoms with Crippen molar-refractivity contribution in [3.8, 4) is 5.75 Å². The van der Waals surface area contributed by atoms with Crippen molar-refractivity contribution in [2.24, 2.45) is 0 Å². The third-order valence-electron chi connectivity index (χ3n) is 4.13. The van der Waals surface area contributed by atoms with Crippen LogP contribution in [0.5, 0.6) is 5.75 Å². The van der Waals surface area contributed by atoms with Gasteiger partial charge in [-0.15, -0.1) is 0 Å². The van der Waals surface area contributed by atoms with E-state index in [2.05, 4.69) is 5.32 Å². The van der Waals surface area contributed by atoms with Crippen LogP contribution >= 0.6 is 11.6 Å². The average molecular weight is 325 g/mol. The maximum absolute atomic E-state index is 12.0. The molecule has 1 aromatic carbocycles. The van der Waals surface area contributed by atoms with Crippen LogP contribution in [0.2, 0.25) is 5.02 Å². The molecule has 2 fully saturated rings. The fraction of sp³-hybridized carbons (Fsp3) is 0.467. The van der Waals surface area contributed by atoms with Gasteiger partial charge in [-0.25, -0.2) is 0 Å². The number of methoxy groups -OCH3 is 1. The van der Waals surface area contributed by atoms with Crippen molar-refractivity contribution in [2.75, 3.05) is 25.1 Å². The summed E-state index contributed by atoms with van der Waals surface area (Å²) in [7, 11) is 1.52. The quantitative estimate of drug-likeness (QED) is 0.813. The molecule has 3 rings (SSSR count).